The van der Waals surface area contributed by atoms with Gasteiger partial charge in [0.2, 0.25) is 0 Å². The summed E-state index contributed by atoms with van der Waals surface area (Å²) in [7, 11) is 0. The van der Waals surface area contributed by atoms with Gasteiger partial charge in [-0.25, -0.2) is 4.98 Å². The average Bonchev–Trinajstić information content (AvgIpc) is 2.39. The summed E-state index contributed by atoms with van der Waals surface area (Å²) in [6.45, 7) is 3.03. The van der Waals surface area contributed by atoms with Crippen molar-refractivity contribution < 1.29 is 0 Å². The minimum Gasteiger partial charge on any atom is -0.384 e. The van der Waals surface area contributed by atoms with E-state index in [1.807, 2.05) is 18.3 Å². The zero-order valence-corrected chi connectivity index (χ0v) is 12.6. The first-order valence-electron chi connectivity index (χ1n) is 5.79. The van der Waals surface area contributed by atoms with Crippen molar-refractivity contribution in [2.45, 2.75) is 11.9 Å². The SMILES string of the molecule is Cc1ccc(NCCSc2ccc(Br)cn2)cc1. The van der Waals surface area contributed by atoms with Gasteiger partial charge in [0.1, 0.15) is 0 Å². The maximum absolute atomic E-state index is 4.32. The van der Waals surface area contributed by atoms with Crippen LogP contribution in [0.1, 0.15) is 5.56 Å². The minimum atomic E-state index is 0.936. The maximum Gasteiger partial charge on any atom is 0.0961 e. The number of thioether (sulfide) groups is 1. The zero-order valence-electron chi connectivity index (χ0n) is 10.2. The molecule has 0 aliphatic carbocycles. The summed E-state index contributed by atoms with van der Waals surface area (Å²) in [6, 6.07) is 12.5. The molecular formula is C14H15BrN2S. The van der Waals surface area contributed by atoms with Gasteiger partial charge in [-0.3, -0.25) is 0 Å². The lowest BCUT2D eigenvalue weighted by atomic mass is 10.2. The number of anilines is 1. The molecule has 2 nitrogen and oxygen atoms in total. The number of hydrogen-bond donors (Lipinski definition) is 1. The Morgan fingerprint density at radius 3 is 2.61 bits per heavy atom. The molecule has 0 bridgehead atoms. The van der Waals surface area contributed by atoms with Crippen molar-refractivity contribution in [3.63, 3.8) is 0 Å². The Morgan fingerprint density at radius 2 is 1.94 bits per heavy atom. The van der Waals surface area contributed by atoms with Crippen molar-refractivity contribution in [3.05, 3.63) is 52.6 Å². The molecule has 0 aliphatic rings. The molecule has 94 valence electrons. The van der Waals surface area contributed by atoms with E-state index < -0.39 is 0 Å². The van der Waals surface area contributed by atoms with Crippen LogP contribution < -0.4 is 5.32 Å². The fraction of sp³-hybridized carbons (Fsp3) is 0.214. The number of nitrogens with zero attached hydrogens (tertiary/aromatic N) is 1. The van der Waals surface area contributed by atoms with Gasteiger partial charge in [-0.15, -0.1) is 11.8 Å². The fourth-order valence-corrected chi connectivity index (χ4v) is 2.41. The van der Waals surface area contributed by atoms with Crippen LogP contribution in [0.3, 0.4) is 0 Å². The molecule has 2 rings (SSSR count). The van der Waals surface area contributed by atoms with Gasteiger partial charge in [0.15, 0.2) is 0 Å². The molecular weight excluding hydrogens is 308 g/mol. The predicted octanol–water partition coefficient (Wildman–Crippen LogP) is 4.36. The van der Waals surface area contributed by atoms with Gasteiger partial charge in [-0.1, -0.05) is 17.7 Å². The van der Waals surface area contributed by atoms with E-state index in [1.54, 1.807) is 11.8 Å². The van der Waals surface area contributed by atoms with Gasteiger partial charge in [-0.05, 0) is 47.1 Å². The molecule has 2 aromatic rings. The van der Waals surface area contributed by atoms with Crippen molar-refractivity contribution in [2.75, 3.05) is 17.6 Å². The van der Waals surface area contributed by atoms with Crippen LogP contribution in [0.4, 0.5) is 5.69 Å². The first-order chi connectivity index (χ1) is 8.74. The molecule has 1 aromatic carbocycles. The van der Waals surface area contributed by atoms with E-state index in [4.69, 9.17) is 0 Å². The Balaban J connectivity index is 1.73. The number of rotatable bonds is 5. The van der Waals surface area contributed by atoms with E-state index in [1.165, 1.54) is 11.3 Å². The Labute approximate surface area is 120 Å². The summed E-state index contributed by atoms with van der Waals surface area (Å²) < 4.78 is 1.02. The molecule has 4 heteroatoms. The summed E-state index contributed by atoms with van der Waals surface area (Å²) in [5.74, 6) is 1.00. The summed E-state index contributed by atoms with van der Waals surface area (Å²) in [5.41, 5.74) is 2.46. The zero-order chi connectivity index (χ0) is 12.8. The van der Waals surface area contributed by atoms with Crippen molar-refractivity contribution in [1.82, 2.24) is 4.98 Å². The predicted molar refractivity (Wildman–Crippen MR) is 82.3 cm³/mol. The first-order valence-corrected chi connectivity index (χ1v) is 7.57. The van der Waals surface area contributed by atoms with Gasteiger partial charge in [0.05, 0.1) is 5.03 Å². The lowest BCUT2D eigenvalue weighted by molar-refractivity contribution is 1.12. The topological polar surface area (TPSA) is 24.9 Å². The number of nitrogens with one attached hydrogen (secondary N) is 1. The molecule has 0 fully saturated rings. The molecule has 1 heterocycles. The highest BCUT2D eigenvalue weighted by Crippen LogP contribution is 2.17. The normalized spacial score (nSPS) is 10.3. The average molecular weight is 323 g/mol. The van der Waals surface area contributed by atoms with Gasteiger partial charge < -0.3 is 5.32 Å². The monoisotopic (exact) mass is 322 g/mol. The van der Waals surface area contributed by atoms with Crippen LogP contribution in [0, 0.1) is 6.92 Å². The van der Waals surface area contributed by atoms with Crippen LogP contribution >= 0.6 is 27.7 Å². The van der Waals surface area contributed by atoms with Crippen molar-refractivity contribution >= 4 is 33.4 Å². The van der Waals surface area contributed by atoms with Gasteiger partial charge in [0, 0.05) is 28.7 Å². The number of pyridine rings is 1. The quantitative estimate of drug-likeness (QED) is 0.654. The Hall–Kier alpha value is -1.00. The maximum atomic E-state index is 4.32. The number of aryl methyl sites for hydroxylation is 1. The molecule has 18 heavy (non-hydrogen) atoms. The van der Waals surface area contributed by atoms with E-state index in [9.17, 15) is 0 Å². The van der Waals surface area contributed by atoms with Crippen LogP contribution in [0.2, 0.25) is 0 Å². The molecule has 0 amide bonds. The highest BCUT2D eigenvalue weighted by Gasteiger charge is 1.96. The number of halogens is 1. The van der Waals surface area contributed by atoms with Crippen LogP contribution in [0.5, 0.6) is 0 Å². The molecule has 0 aliphatic heterocycles. The summed E-state index contributed by atoms with van der Waals surface area (Å²) in [5, 5.41) is 4.45. The molecule has 0 unspecified atom stereocenters. The summed E-state index contributed by atoms with van der Waals surface area (Å²) in [6.07, 6.45) is 1.83. The molecule has 0 radical (unpaired) electrons. The Kier molecular flexibility index (Phi) is 5.08. The van der Waals surface area contributed by atoms with E-state index in [0.717, 1.165) is 21.8 Å². The highest BCUT2D eigenvalue weighted by atomic mass is 79.9. The van der Waals surface area contributed by atoms with Gasteiger partial charge in [0.25, 0.3) is 0 Å². The second-order valence-corrected chi connectivity index (χ2v) is 5.99. The smallest absolute Gasteiger partial charge is 0.0961 e. The standard InChI is InChI=1S/C14H15BrN2S/c1-11-2-5-13(6-3-11)16-8-9-18-14-7-4-12(15)10-17-14/h2-7,10,16H,8-9H2,1H3. The van der Waals surface area contributed by atoms with Crippen molar-refractivity contribution in [3.8, 4) is 0 Å². The van der Waals surface area contributed by atoms with Crippen molar-refractivity contribution in [2.24, 2.45) is 0 Å². The van der Waals surface area contributed by atoms with Crippen LogP contribution in [-0.2, 0) is 0 Å². The third kappa shape index (κ3) is 4.35. The van der Waals surface area contributed by atoms with Crippen LogP contribution in [0.25, 0.3) is 0 Å². The fourth-order valence-electron chi connectivity index (χ4n) is 1.47. The Bertz CT molecular complexity index is 435. The summed E-state index contributed by atoms with van der Waals surface area (Å²) in [4.78, 5) is 4.32. The van der Waals surface area contributed by atoms with E-state index in [2.05, 4.69) is 57.4 Å². The minimum absolute atomic E-state index is 0.936. The molecule has 0 saturated heterocycles. The van der Waals surface area contributed by atoms with Gasteiger partial charge in [-0.2, -0.15) is 0 Å². The van der Waals surface area contributed by atoms with E-state index in [0.29, 0.717) is 0 Å². The van der Waals surface area contributed by atoms with Crippen molar-refractivity contribution in [1.29, 1.82) is 0 Å². The molecule has 1 N–H and O–H groups in total. The van der Waals surface area contributed by atoms with Gasteiger partial charge >= 0.3 is 0 Å². The third-order valence-electron chi connectivity index (χ3n) is 2.43. The van der Waals surface area contributed by atoms with Crippen LogP contribution in [0.15, 0.2) is 52.1 Å². The molecule has 1 aromatic heterocycles. The lowest BCUT2D eigenvalue weighted by Crippen LogP contribution is -2.03. The largest absolute Gasteiger partial charge is 0.384 e. The lowest BCUT2D eigenvalue weighted by Gasteiger charge is -2.06. The molecule has 0 spiro atoms. The number of aromatic nitrogens is 1. The van der Waals surface area contributed by atoms with Crippen LogP contribution in [-0.4, -0.2) is 17.3 Å². The summed E-state index contributed by atoms with van der Waals surface area (Å²) >= 11 is 5.14. The third-order valence-corrected chi connectivity index (χ3v) is 3.85. The van der Waals surface area contributed by atoms with E-state index >= 15 is 0 Å². The Morgan fingerprint density at radius 1 is 1.17 bits per heavy atom. The first kappa shape index (κ1) is 13.4. The molecule has 0 atom stereocenters. The van der Waals surface area contributed by atoms with E-state index in [-0.39, 0.29) is 0 Å². The highest BCUT2D eigenvalue weighted by molar-refractivity contribution is 9.10. The second-order valence-electron chi connectivity index (χ2n) is 3.96. The number of benzene rings is 1. The number of hydrogen-bond acceptors (Lipinski definition) is 3. The molecule has 0 saturated carbocycles. The second kappa shape index (κ2) is 6.81.